The van der Waals surface area contributed by atoms with Crippen LogP contribution in [-0.4, -0.2) is 20.2 Å². The quantitative estimate of drug-likeness (QED) is 0.922. The van der Waals surface area contributed by atoms with Crippen LogP contribution in [0.5, 0.6) is 5.75 Å². The van der Waals surface area contributed by atoms with Gasteiger partial charge in [-0.25, -0.2) is 0 Å². The number of benzene rings is 2. The van der Waals surface area contributed by atoms with E-state index in [0.717, 1.165) is 18.8 Å². The molecular formula is C19H23NO. The maximum Gasteiger partial charge on any atom is 0.119 e. The highest BCUT2D eigenvalue weighted by atomic mass is 16.5. The van der Waals surface area contributed by atoms with Crippen molar-refractivity contribution in [2.45, 2.75) is 25.2 Å². The Balaban J connectivity index is 1.92. The summed E-state index contributed by atoms with van der Waals surface area (Å²) in [6, 6.07) is 17.5. The van der Waals surface area contributed by atoms with Crippen LogP contribution in [0.2, 0.25) is 0 Å². The van der Waals surface area contributed by atoms with Gasteiger partial charge in [0.05, 0.1) is 7.11 Å². The molecule has 0 aliphatic carbocycles. The van der Waals surface area contributed by atoms with Gasteiger partial charge in [0.25, 0.3) is 0 Å². The maximum absolute atomic E-state index is 5.39. The van der Waals surface area contributed by atoms with Crippen LogP contribution in [0.3, 0.4) is 0 Å². The van der Waals surface area contributed by atoms with Crippen molar-refractivity contribution < 1.29 is 4.74 Å². The van der Waals surface area contributed by atoms with Crippen LogP contribution >= 0.6 is 0 Å². The van der Waals surface area contributed by atoms with Gasteiger partial charge in [-0.1, -0.05) is 42.0 Å². The summed E-state index contributed by atoms with van der Waals surface area (Å²) in [5.41, 5.74) is 4.14. The van der Waals surface area contributed by atoms with Crippen LogP contribution in [0.4, 0.5) is 0 Å². The lowest BCUT2D eigenvalue weighted by molar-refractivity contribution is 0.396. The lowest BCUT2D eigenvalue weighted by Crippen LogP contribution is -2.34. The molecule has 1 aliphatic heterocycles. The van der Waals surface area contributed by atoms with Gasteiger partial charge in [-0.05, 0) is 49.1 Å². The van der Waals surface area contributed by atoms with Crippen LogP contribution in [0.15, 0.2) is 48.5 Å². The summed E-state index contributed by atoms with van der Waals surface area (Å²) in [5.74, 6) is 2.05. The number of methoxy groups -OCH3 is 1. The molecule has 0 amide bonds. The van der Waals surface area contributed by atoms with E-state index in [1.165, 1.54) is 23.1 Å². The molecule has 3 rings (SSSR count). The minimum absolute atomic E-state index is 0.534. The standard InChI is InChI=1S/C19H23NO/c1-14-6-8-15(9-7-14)19-13-20-11-10-18(19)16-4-3-5-17(12-16)21-2/h3-9,12,18-20H,10-11,13H2,1-2H3. The van der Waals surface area contributed by atoms with E-state index in [0.29, 0.717) is 11.8 Å². The Morgan fingerprint density at radius 3 is 2.57 bits per heavy atom. The van der Waals surface area contributed by atoms with E-state index in [1.54, 1.807) is 7.11 Å². The second-order valence-corrected chi connectivity index (χ2v) is 5.89. The fourth-order valence-corrected chi connectivity index (χ4v) is 3.29. The molecule has 1 N–H and O–H groups in total. The molecule has 2 aromatic rings. The van der Waals surface area contributed by atoms with Gasteiger partial charge in [-0.15, -0.1) is 0 Å². The lowest BCUT2D eigenvalue weighted by Gasteiger charge is -2.33. The molecular weight excluding hydrogens is 258 g/mol. The number of rotatable bonds is 3. The van der Waals surface area contributed by atoms with Gasteiger partial charge >= 0.3 is 0 Å². The molecule has 110 valence electrons. The average molecular weight is 281 g/mol. The van der Waals surface area contributed by atoms with Gasteiger partial charge in [-0.2, -0.15) is 0 Å². The first-order chi connectivity index (χ1) is 10.3. The Hall–Kier alpha value is -1.80. The fourth-order valence-electron chi connectivity index (χ4n) is 3.29. The first-order valence-corrected chi connectivity index (χ1v) is 7.69. The Kier molecular flexibility index (Phi) is 4.26. The fraction of sp³-hybridized carbons (Fsp3) is 0.368. The zero-order valence-corrected chi connectivity index (χ0v) is 12.8. The molecule has 0 spiro atoms. The molecule has 0 saturated carbocycles. The molecule has 1 aliphatic rings. The third-order valence-electron chi connectivity index (χ3n) is 4.51. The summed E-state index contributed by atoms with van der Waals surface area (Å²) in [6.07, 6.45) is 1.17. The van der Waals surface area contributed by atoms with Crippen molar-refractivity contribution >= 4 is 0 Å². The molecule has 1 heterocycles. The van der Waals surface area contributed by atoms with Crippen LogP contribution in [0.25, 0.3) is 0 Å². The summed E-state index contributed by atoms with van der Waals surface area (Å²) in [7, 11) is 1.74. The molecule has 0 radical (unpaired) electrons. The normalized spacial score (nSPS) is 22.0. The van der Waals surface area contributed by atoms with Gasteiger partial charge < -0.3 is 10.1 Å². The van der Waals surface area contributed by atoms with Gasteiger partial charge in [-0.3, -0.25) is 0 Å². The van der Waals surface area contributed by atoms with E-state index >= 15 is 0 Å². The molecule has 0 bridgehead atoms. The molecule has 2 heteroatoms. The molecule has 2 atom stereocenters. The number of hydrogen-bond acceptors (Lipinski definition) is 2. The second-order valence-electron chi connectivity index (χ2n) is 5.89. The van der Waals surface area contributed by atoms with Crippen LogP contribution < -0.4 is 10.1 Å². The lowest BCUT2D eigenvalue weighted by atomic mass is 9.77. The molecule has 1 saturated heterocycles. The second kappa shape index (κ2) is 6.31. The number of nitrogens with one attached hydrogen (secondary N) is 1. The number of ether oxygens (including phenoxy) is 1. The SMILES string of the molecule is COc1cccc(C2CCNCC2c2ccc(C)cc2)c1. The molecule has 21 heavy (non-hydrogen) atoms. The Bertz CT molecular complexity index is 591. The Morgan fingerprint density at radius 1 is 1.00 bits per heavy atom. The first-order valence-electron chi connectivity index (χ1n) is 7.69. The monoisotopic (exact) mass is 281 g/mol. The van der Waals surface area contributed by atoms with Crippen molar-refractivity contribution in [3.8, 4) is 5.75 Å². The van der Waals surface area contributed by atoms with Gasteiger partial charge in [0.15, 0.2) is 0 Å². The summed E-state index contributed by atoms with van der Waals surface area (Å²) in [6.45, 7) is 4.28. The minimum Gasteiger partial charge on any atom is -0.497 e. The highest BCUT2D eigenvalue weighted by Crippen LogP contribution is 2.38. The topological polar surface area (TPSA) is 21.3 Å². The molecule has 2 nitrogen and oxygen atoms in total. The number of aryl methyl sites for hydroxylation is 1. The van der Waals surface area contributed by atoms with E-state index in [-0.39, 0.29) is 0 Å². The maximum atomic E-state index is 5.39. The predicted molar refractivity (Wildman–Crippen MR) is 87.1 cm³/mol. The van der Waals surface area contributed by atoms with E-state index in [4.69, 9.17) is 4.74 Å². The predicted octanol–water partition coefficient (Wildman–Crippen LogP) is 3.86. The zero-order valence-electron chi connectivity index (χ0n) is 12.8. The summed E-state index contributed by atoms with van der Waals surface area (Å²) in [4.78, 5) is 0. The minimum atomic E-state index is 0.534. The highest BCUT2D eigenvalue weighted by Gasteiger charge is 2.27. The highest BCUT2D eigenvalue weighted by molar-refractivity contribution is 5.35. The third kappa shape index (κ3) is 3.11. The van der Waals surface area contributed by atoms with Crippen molar-refractivity contribution in [1.82, 2.24) is 5.32 Å². The van der Waals surface area contributed by atoms with Crippen molar-refractivity contribution in [2.75, 3.05) is 20.2 Å². The summed E-state index contributed by atoms with van der Waals surface area (Å²) in [5, 5.41) is 3.55. The summed E-state index contributed by atoms with van der Waals surface area (Å²) < 4.78 is 5.39. The van der Waals surface area contributed by atoms with Crippen molar-refractivity contribution in [2.24, 2.45) is 0 Å². The smallest absolute Gasteiger partial charge is 0.119 e. The van der Waals surface area contributed by atoms with E-state index in [9.17, 15) is 0 Å². The first kappa shape index (κ1) is 14.2. The largest absolute Gasteiger partial charge is 0.497 e. The number of hydrogen-bond donors (Lipinski definition) is 1. The average Bonchev–Trinajstić information content (AvgIpc) is 2.56. The van der Waals surface area contributed by atoms with Crippen LogP contribution in [0, 0.1) is 6.92 Å². The van der Waals surface area contributed by atoms with Crippen molar-refractivity contribution in [3.05, 3.63) is 65.2 Å². The zero-order chi connectivity index (χ0) is 14.7. The Labute approximate surface area is 127 Å². The summed E-state index contributed by atoms with van der Waals surface area (Å²) >= 11 is 0. The van der Waals surface area contributed by atoms with E-state index in [1.807, 2.05) is 6.07 Å². The van der Waals surface area contributed by atoms with Gasteiger partial charge in [0.2, 0.25) is 0 Å². The van der Waals surface area contributed by atoms with Gasteiger partial charge in [0.1, 0.15) is 5.75 Å². The van der Waals surface area contributed by atoms with Gasteiger partial charge in [0, 0.05) is 12.5 Å². The number of piperidine rings is 1. The third-order valence-corrected chi connectivity index (χ3v) is 4.51. The van der Waals surface area contributed by atoms with Crippen LogP contribution in [-0.2, 0) is 0 Å². The molecule has 2 aromatic carbocycles. The molecule has 2 unspecified atom stereocenters. The van der Waals surface area contributed by atoms with Crippen molar-refractivity contribution in [1.29, 1.82) is 0 Å². The van der Waals surface area contributed by atoms with E-state index < -0.39 is 0 Å². The van der Waals surface area contributed by atoms with Crippen LogP contribution in [0.1, 0.15) is 34.9 Å². The Morgan fingerprint density at radius 2 is 1.81 bits per heavy atom. The molecule has 0 aromatic heterocycles. The van der Waals surface area contributed by atoms with E-state index in [2.05, 4.69) is 54.7 Å². The van der Waals surface area contributed by atoms with Crippen molar-refractivity contribution in [3.63, 3.8) is 0 Å². The molecule has 1 fully saturated rings.